The normalized spacial score (nSPS) is 11.9. The molecule has 0 unspecified atom stereocenters. The number of nitrogens with zero attached hydrogens (tertiary/aromatic N) is 3. The van der Waals surface area contributed by atoms with E-state index >= 15 is 0 Å². The number of rotatable bonds is 6. The minimum atomic E-state index is -0.401. The smallest absolute Gasteiger partial charge is 0.237 e. The monoisotopic (exact) mass is 421 g/mol. The number of anilines is 1. The van der Waals surface area contributed by atoms with Crippen LogP contribution in [0.1, 0.15) is 6.92 Å². The summed E-state index contributed by atoms with van der Waals surface area (Å²) < 4.78 is 1.43. The molecule has 4 rings (SSSR count). The molecule has 146 valence electrons. The van der Waals surface area contributed by atoms with Gasteiger partial charge in [-0.15, -0.1) is 21.5 Å². The van der Waals surface area contributed by atoms with Crippen molar-refractivity contribution < 1.29 is 4.79 Å². The Labute approximate surface area is 176 Å². The molecule has 2 aromatic heterocycles. The molecule has 0 aliphatic rings. The van der Waals surface area contributed by atoms with Gasteiger partial charge in [0.15, 0.2) is 5.82 Å². The van der Waals surface area contributed by atoms with Crippen molar-refractivity contribution in [2.24, 2.45) is 0 Å². The highest BCUT2D eigenvalue weighted by molar-refractivity contribution is 8.00. The average molecular weight is 422 g/mol. The van der Waals surface area contributed by atoms with Crippen LogP contribution in [-0.2, 0) is 4.79 Å². The molecule has 0 radical (unpaired) electrons. The predicted molar refractivity (Wildman–Crippen MR) is 119 cm³/mol. The highest BCUT2D eigenvalue weighted by Gasteiger charge is 2.21. The Hall–Kier alpha value is -3.10. The van der Waals surface area contributed by atoms with E-state index in [1.807, 2.05) is 79.0 Å². The molecule has 0 aliphatic heterocycles. The third-order valence-corrected chi connectivity index (χ3v) is 6.25. The first kappa shape index (κ1) is 19.2. The number of carbonyl (C=O) groups excluding carboxylic acids is 1. The molecule has 0 saturated heterocycles. The third-order valence-electron chi connectivity index (χ3n) is 4.33. The van der Waals surface area contributed by atoms with Crippen LogP contribution < -0.4 is 11.2 Å². The van der Waals surface area contributed by atoms with E-state index in [0.717, 1.165) is 21.7 Å². The number of hydrogen-bond donors (Lipinski definition) is 2. The largest absolute Gasteiger partial charge is 0.335 e. The van der Waals surface area contributed by atoms with Crippen LogP contribution in [0.5, 0.6) is 0 Å². The highest BCUT2D eigenvalue weighted by atomic mass is 32.2. The van der Waals surface area contributed by atoms with Crippen molar-refractivity contribution in [3.8, 4) is 21.8 Å². The van der Waals surface area contributed by atoms with E-state index < -0.39 is 5.25 Å². The van der Waals surface area contributed by atoms with Crippen LogP contribution in [0.25, 0.3) is 21.8 Å². The molecule has 2 heterocycles. The van der Waals surface area contributed by atoms with Gasteiger partial charge < -0.3 is 11.2 Å². The summed E-state index contributed by atoms with van der Waals surface area (Å²) >= 11 is 2.81. The highest BCUT2D eigenvalue weighted by Crippen LogP contribution is 2.30. The van der Waals surface area contributed by atoms with E-state index in [0.29, 0.717) is 11.0 Å². The number of para-hydroxylation sites is 1. The summed E-state index contributed by atoms with van der Waals surface area (Å²) in [6, 6.07) is 21.6. The Morgan fingerprint density at radius 3 is 2.59 bits per heavy atom. The predicted octanol–water partition coefficient (Wildman–Crippen LogP) is 4.51. The standard InChI is InChI=1S/C21H19N5OS2/c1-14(29-21-25-24-19(26(21)22)18-12-7-13-28-18)20(27)23-17-11-6-5-10-16(17)15-8-3-2-4-9-15/h2-14H,22H2,1H3,(H,23,27)/t14-/m1/s1. The molecule has 6 nitrogen and oxygen atoms in total. The lowest BCUT2D eigenvalue weighted by Crippen LogP contribution is -2.24. The van der Waals surface area contributed by atoms with Crippen molar-refractivity contribution >= 4 is 34.7 Å². The second kappa shape index (κ2) is 8.50. The molecule has 8 heteroatoms. The van der Waals surface area contributed by atoms with Crippen molar-refractivity contribution in [2.45, 2.75) is 17.3 Å². The average Bonchev–Trinajstić information content (AvgIpc) is 3.39. The van der Waals surface area contributed by atoms with Gasteiger partial charge in [0, 0.05) is 11.3 Å². The Bertz CT molecular complexity index is 1110. The number of carbonyl (C=O) groups is 1. The third kappa shape index (κ3) is 4.18. The number of hydrogen-bond acceptors (Lipinski definition) is 6. The summed E-state index contributed by atoms with van der Waals surface area (Å²) in [5, 5.41) is 13.4. The molecule has 0 saturated carbocycles. The maximum Gasteiger partial charge on any atom is 0.237 e. The second-order valence-electron chi connectivity index (χ2n) is 6.31. The van der Waals surface area contributed by atoms with E-state index in [1.54, 1.807) is 0 Å². The Morgan fingerprint density at radius 2 is 1.83 bits per heavy atom. The zero-order valence-electron chi connectivity index (χ0n) is 15.6. The van der Waals surface area contributed by atoms with E-state index in [9.17, 15) is 4.79 Å². The maximum absolute atomic E-state index is 12.8. The molecular formula is C21H19N5OS2. The molecule has 0 bridgehead atoms. The minimum absolute atomic E-state index is 0.126. The number of amides is 1. The topological polar surface area (TPSA) is 85.8 Å². The van der Waals surface area contributed by atoms with Gasteiger partial charge in [0.25, 0.3) is 0 Å². The second-order valence-corrected chi connectivity index (χ2v) is 8.57. The molecule has 29 heavy (non-hydrogen) atoms. The zero-order valence-corrected chi connectivity index (χ0v) is 17.3. The van der Waals surface area contributed by atoms with Crippen LogP contribution in [-0.4, -0.2) is 26.0 Å². The van der Waals surface area contributed by atoms with Crippen molar-refractivity contribution in [1.82, 2.24) is 14.9 Å². The Morgan fingerprint density at radius 1 is 1.07 bits per heavy atom. The summed E-state index contributed by atoms with van der Waals surface area (Å²) in [6.07, 6.45) is 0. The fraction of sp³-hybridized carbons (Fsp3) is 0.0952. The summed E-state index contributed by atoms with van der Waals surface area (Å²) in [7, 11) is 0. The first-order chi connectivity index (χ1) is 14.1. The number of thiophene rings is 1. The lowest BCUT2D eigenvalue weighted by atomic mass is 10.0. The zero-order chi connectivity index (χ0) is 20.2. The van der Waals surface area contributed by atoms with Crippen molar-refractivity contribution in [3.05, 3.63) is 72.1 Å². The lowest BCUT2D eigenvalue weighted by molar-refractivity contribution is -0.115. The van der Waals surface area contributed by atoms with Gasteiger partial charge in [0.05, 0.1) is 10.1 Å². The van der Waals surface area contributed by atoms with Gasteiger partial charge in [-0.25, -0.2) is 4.68 Å². The number of nitrogens with two attached hydrogens (primary N) is 1. The summed E-state index contributed by atoms with van der Waals surface area (Å²) in [6.45, 7) is 1.82. The first-order valence-electron chi connectivity index (χ1n) is 9.00. The van der Waals surface area contributed by atoms with Crippen molar-refractivity contribution in [2.75, 3.05) is 11.2 Å². The number of aromatic nitrogens is 3. The van der Waals surface area contributed by atoms with Gasteiger partial charge in [-0.1, -0.05) is 66.4 Å². The minimum Gasteiger partial charge on any atom is -0.335 e. The summed E-state index contributed by atoms with van der Waals surface area (Å²) in [4.78, 5) is 13.8. The van der Waals surface area contributed by atoms with Crippen LogP contribution in [0.4, 0.5) is 5.69 Å². The maximum atomic E-state index is 12.8. The van der Waals surface area contributed by atoms with Crippen LogP contribution in [0, 0.1) is 0 Å². The quantitative estimate of drug-likeness (QED) is 0.353. The van der Waals surface area contributed by atoms with Crippen LogP contribution in [0.15, 0.2) is 77.3 Å². The summed E-state index contributed by atoms with van der Waals surface area (Å²) in [5.74, 6) is 6.60. The number of nitrogens with one attached hydrogen (secondary N) is 1. The molecular weight excluding hydrogens is 402 g/mol. The van der Waals surface area contributed by atoms with E-state index in [2.05, 4.69) is 15.5 Å². The molecule has 0 fully saturated rings. The Kier molecular flexibility index (Phi) is 5.64. The van der Waals surface area contributed by atoms with Gasteiger partial charge >= 0.3 is 0 Å². The molecule has 1 atom stereocenters. The van der Waals surface area contributed by atoms with Gasteiger partial charge in [0.2, 0.25) is 11.1 Å². The van der Waals surface area contributed by atoms with E-state index in [-0.39, 0.29) is 5.91 Å². The van der Waals surface area contributed by atoms with Crippen molar-refractivity contribution in [3.63, 3.8) is 0 Å². The molecule has 2 aromatic carbocycles. The van der Waals surface area contributed by atoms with E-state index in [4.69, 9.17) is 5.84 Å². The molecule has 3 N–H and O–H groups in total. The molecule has 0 aliphatic carbocycles. The summed E-state index contributed by atoms with van der Waals surface area (Å²) in [5.41, 5.74) is 2.79. The number of thioether (sulfide) groups is 1. The number of nitrogen functional groups attached to an aromatic ring is 1. The molecule has 4 aromatic rings. The SMILES string of the molecule is C[C@@H](Sc1nnc(-c2cccs2)n1N)C(=O)Nc1ccccc1-c1ccccc1. The van der Waals surface area contributed by atoms with E-state index in [1.165, 1.54) is 27.8 Å². The van der Waals surface area contributed by atoms with Crippen LogP contribution in [0.2, 0.25) is 0 Å². The van der Waals surface area contributed by atoms with Crippen LogP contribution >= 0.6 is 23.1 Å². The number of benzene rings is 2. The fourth-order valence-corrected chi connectivity index (χ4v) is 4.31. The Balaban J connectivity index is 1.49. The van der Waals surface area contributed by atoms with Gasteiger partial charge in [-0.05, 0) is 30.0 Å². The van der Waals surface area contributed by atoms with Gasteiger partial charge in [0.1, 0.15) is 0 Å². The molecule has 0 spiro atoms. The molecule has 1 amide bonds. The lowest BCUT2D eigenvalue weighted by Gasteiger charge is -2.14. The first-order valence-corrected chi connectivity index (χ1v) is 10.8. The van der Waals surface area contributed by atoms with Gasteiger partial charge in [-0.3, -0.25) is 4.79 Å². The van der Waals surface area contributed by atoms with Gasteiger partial charge in [-0.2, -0.15) is 0 Å². The fourth-order valence-electron chi connectivity index (χ4n) is 2.84. The van der Waals surface area contributed by atoms with Crippen LogP contribution in [0.3, 0.4) is 0 Å². The van der Waals surface area contributed by atoms with Crippen molar-refractivity contribution in [1.29, 1.82) is 0 Å².